The van der Waals surface area contributed by atoms with Crippen LogP contribution in [0.15, 0.2) is 18.2 Å². The van der Waals surface area contributed by atoms with Gasteiger partial charge in [0.05, 0.1) is 5.56 Å². The van der Waals surface area contributed by atoms with Gasteiger partial charge in [-0.3, -0.25) is 0 Å². The Hall–Kier alpha value is -1.49. The number of ether oxygens (including phenoxy) is 1. The van der Waals surface area contributed by atoms with Gasteiger partial charge in [0.1, 0.15) is 17.9 Å². The number of nitriles is 1. The molecule has 0 aliphatic heterocycles. The van der Waals surface area contributed by atoms with Gasteiger partial charge in [0, 0.05) is 0 Å². The van der Waals surface area contributed by atoms with Crippen molar-refractivity contribution in [1.29, 1.82) is 5.26 Å². The van der Waals surface area contributed by atoms with Crippen molar-refractivity contribution in [2.24, 2.45) is 0 Å². The van der Waals surface area contributed by atoms with Crippen LogP contribution in [0.4, 0.5) is 0 Å². The third-order valence-electron chi connectivity index (χ3n) is 1.57. The lowest BCUT2D eigenvalue weighted by molar-refractivity contribution is 0.344. The maximum atomic E-state index is 8.82. The van der Waals surface area contributed by atoms with E-state index in [1.165, 1.54) is 0 Å². The molecule has 0 saturated carbocycles. The number of benzene rings is 1. The van der Waals surface area contributed by atoms with Gasteiger partial charge in [-0.15, -0.1) is 0 Å². The molecule has 1 aromatic rings. The summed E-state index contributed by atoms with van der Waals surface area (Å²) >= 11 is 0. The summed E-state index contributed by atoms with van der Waals surface area (Å²) in [5, 5.41) is 8.82. The molecule has 0 unspecified atom stereocenters. The first-order valence-corrected chi connectivity index (χ1v) is 4.12. The molecular weight excluding hydrogens is 162 g/mol. The normalized spacial score (nSPS) is 9.77. The molecule has 0 bridgehead atoms. The molecule has 0 fully saturated rings. The van der Waals surface area contributed by atoms with Gasteiger partial charge in [0.15, 0.2) is 0 Å². The van der Waals surface area contributed by atoms with Gasteiger partial charge < -0.3 is 4.74 Å². The van der Waals surface area contributed by atoms with Crippen LogP contribution in [0.3, 0.4) is 0 Å². The molecule has 0 saturated heterocycles. The average molecular weight is 174 g/mol. The number of aryl methyl sites for hydroxylation is 1. The Balaban J connectivity index is 3.01. The van der Waals surface area contributed by atoms with E-state index in [0.717, 1.165) is 11.7 Å². The van der Waals surface area contributed by atoms with Gasteiger partial charge in [-0.05, 0) is 38.5 Å². The summed E-state index contributed by atoms with van der Waals surface area (Å²) in [6, 6.07) is 7.67. The minimum Gasteiger partial charge on any atom is -0.482 e. The van der Waals surface area contributed by atoms with E-state index in [9.17, 15) is 0 Å². The SMILES string of the molecule is C[C](C)Oc1ccc(C)cc1C#N. The third-order valence-corrected chi connectivity index (χ3v) is 1.57. The van der Waals surface area contributed by atoms with Crippen molar-refractivity contribution in [2.75, 3.05) is 0 Å². The van der Waals surface area contributed by atoms with Gasteiger partial charge in [-0.25, -0.2) is 0 Å². The summed E-state index contributed by atoms with van der Waals surface area (Å²) in [5.74, 6) is 0.633. The molecule has 0 atom stereocenters. The van der Waals surface area contributed by atoms with Crippen LogP contribution in [0.25, 0.3) is 0 Å². The molecule has 1 aromatic carbocycles. The molecule has 0 heterocycles. The van der Waals surface area contributed by atoms with Gasteiger partial charge >= 0.3 is 0 Å². The van der Waals surface area contributed by atoms with Crippen LogP contribution in [0.1, 0.15) is 25.0 Å². The Morgan fingerprint density at radius 3 is 2.62 bits per heavy atom. The fourth-order valence-electron chi connectivity index (χ4n) is 1.04. The molecule has 0 aliphatic carbocycles. The van der Waals surface area contributed by atoms with Gasteiger partial charge in [0.2, 0.25) is 0 Å². The monoisotopic (exact) mass is 174 g/mol. The summed E-state index contributed by atoms with van der Waals surface area (Å²) in [7, 11) is 0. The van der Waals surface area contributed by atoms with E-state index in [2.05, 4.69) is 6.07 Å². The minimum atomic E-state index is 0.584. The highest BCUT2D eigenvalue weighted by molar-refractivity contribution is 5.45. The maximum absolute atomic E-state index is 8.82. The van der Waals surface area contributed by atoms with E-state index >= 15 is 0 Å². The highest BCUT2D eigenvalue weighted by Crippen LogP contribution is 2.21. The van der Waals surface area contributed by atoms with Crippen molar-refractivity contribution in [3.8, 4) is 11.8 Å². The first-order valence-electron chi connectivity index (χ1n) is 4.12. The third kappa shape index (κ3) is 2.48. The molecular formula is C11H12NO. The fourth-order valence-corrected chi connectivity index (χ4v) is 1.04. The summed E-state index contributed by atoms with van der Waals surface area (Å²) in [5.41, 5.74) is 1.65. The topological polar surface area (TPSA) is 33.0 Å². The second-order valence-corrected chi connectivity index (χ2v) is 3.12. The van der Waals surface area contributed by atoms with Crippen molar-refractivity contribution in [2.45, 2.75) is 20.8 Å². The van der Waals surface area contributed by atoms with E-state index in [-0.39, 0.29) is 0 Å². The predicted molar refractivity (Wildman–Crippen MR) is 51.1 cm³/mol. The van der Waals surface area contributed by atoms with E-state index < -0.39 is 0 Å². The van der Waals surface area contributed by atoms with Crippen molar-refractivity contribution in [3.63, 3.8) is 0 Å². The molecule has 0 N–H and O–H groups in total. The molecule has 67 valence electrons. The molecule has 13 heavy (non-hydrogen) atoms. The minimum absolute atomic E-state index is 0.584. The highest BCUT2D eigenvalue weighted by Gasteiger charge is 2.05. The Kier molecular flexibility index (Phi) is 2.92. The molecule has 0 spiro atoms. The number of hydrogen-bond donors (Lipinski definition) is 0. The lowest BCUT2D eigenvalue weighted by Crippen LogP contribution is -1.98. The summed E-state index contributed by atoms with van der Waals surface area (Å²) in [4.78, 5) is 0. The van der Waals surface area contributed by atoms with Crippen LogP contribution < -0.4 is 4.74 Å². The second-order valence-electron chi connectivity index (χ2n) is 3.12. The lowest BCUT2D eigenvalue weighted by Gasteiger charge is -2.09. The van der Waals surface area contributed by atoms with Crippen LogP contribution in [0, 0.1) is 24.4 Å². The molecule has 0 amide bonds. The van der Waals surface area contributed by atoms with Crippen molar-refractivity contribution >= 4 is 0 Å². The van der Waals surface area contributed by atoms with Gasteiger partial charge in [-0.1, -0.05) is 6.07 Å². The average Bonchev–Trinajstić information content (AvgIpc) is 2.07. The van der Waals surface area contributed by atoms with Crippen molar-refractivity contribution < 1.29 is 4.74 Å². The Morgan fingerprint density at radius 1 is 1.38 bits per heavy atom. The smallest absolute Gasteiger partial charge is 0.142 e. The quantitative estimate of drug-likeness (QED) is 0.690. The van der Waals surface area contributed by atoms with Crippen LogP contribution >= 0.6 is 0 Å². The number of nitrogens with zero attached hydrogens (tertiary/aromatic N) is 1. The summed E-state index contributed by atoms with van der Waals surface area (Å²) in [6.07, 6.45) is 0.834. The largest absolute Gasteiger partial charge is 0.482 e. The Bertz CT molecular complexity index is 336. The zero-order chi connectivity index (χ0) is 9.84. The number of hydrogen-bond acceptors (Lipinski definition) is 2. The zero-order valence-electron chi connectivity index (χ0n) is 8.09. The van der Waals surface area contributed by atoms with E-state index in [1.807, 2.05) is 39.0 Å². The Morgan fingerprint density at radius 2 is 2.08 bits per heavy atom. The van der Waals surface area contributed by atoms with Crippen LogP contribution in [-0.4, -0.2) is 0 Å². The summed E-state index contributed by atoms with van der Waals surface area (Å²) in [6.45, 7) is 5.68. The first kappa shape index (κ1) is 9.60. The highest BCUT2D eigenvalue weighted by atomic mass is 16.5. The maximum Gasteiger partial charge on any atom is 0.142 e. The van der Waals surface area contributed by atoms with Crippen LogP contribution in [0.5, 0.6) is 5.75 Å². The van der Waals surface area contributed by atoms with Crippen LogP contribution in [-0.2, 0) is 0 Å². The van der Waals surface area contributed by atoms with Crippen molar-refractivity contribution in [1.82, 2.24) is 0 Å². The van der Waals surface area contributed by atoms with Gasteiger partial charge in [-0.2, -0.15) is 5.26 Å². The zero-order valence-corrected chi connectivity index (χ0v) is 8.09. The molecule has 1 rings (SSSR count). The second kappa shape index (κ2) is 3.95. The molecule has 0 aromatic heterocycles. The van der Waals surface area contributed by atoms with Gasteiger partial charge in [0.25, 0.3) is 0 Å². The van der Waals surface area contributed by atoms with Crippen LogP contribution in [0.2, 0.25) is 0 Å². The molecule has 2 nitrogen and oxygen atoms in total. The van der Waals surface area contributed by atoms with E-state index in [0.29, 0.717) is 11.3 Å². The predicted octanol–water partition coefficient (Wildman–Crippen LogP) is 2.82. The fraction of sp³-hybridized carbons (Fsp3) is 0.273. The standard InChI is InChI=1S/C11H12NO/c1-8(2)13-11-5-4-9(3)6-10(11)7-12/h4-6H,1-3H3. The van der Waals surface area contributed by atoms with E-state index in [1.54, 1.807) is 0 Å². The molecule has 2 heteroatoms. The van der Waals surface area contributed by atoms with Crippen molar-refractivity contribution in [3.05, 3.63) is 35.4 Å². The number of rotatable bonds is 2. The lowest BCUT2D eigenvalue weighted by atomic mass is 10.1. The Labute approximate surface area is 78.8 Å². The molecule has 1 radical (unpaired) electrons. The first-order chi connectivity index (χ1) is 6.13. The summed E-state index contributed by atoms with van der Waals surface area (Å²) < 4.78 is 5.39. The molecule has 0 aliphatic rings. The van der Waals surface area contributed by atoms with E-state index in [4.69, 9.17) is 10.00 Å².